The number of rotatable bonds is 10. The Labute approximate surface area is 196 Å². The van der Waals surface area contributed by atoms with Gasteiger partial charge in [0.2, 0.25) is 10.9 Å². The van der Waals surface area contributed by atoms with E-state index in [1.807, 2.05) is 32.0 Å². The van der Waals surface area contributed by atoms with Gasteiger partial charge in [0.15, 0.2) is 5.56 Å². The number of ether oxygens (including phenoxy) is 3. The largest absolute Gasteiger partial charge is 0.496 e. The zero-order valence-electron chi connectivity index (χ0n) is 20.0. The SMILES string of the molecule is CCc1cccc(CC)c1C(=O)C1([P+](=O)C(=O)c2c(OC)cc(OC)cc2OC)CCCC1. The normalized spacial score (nSPS) is 15.1. The van der Waals surface area contributed by atoms with Crippen LogP contribution < -0.4 is 14.2 Å². The Morgan fingerprint density at radius 3 is 1.82 bits per heavy atom. The minimum atomic E-state index is -2.60. The molecule has 0 spiro atoms. The van der Waals surface area contributed by atoms with Crippen LogP contribution in [-0.2, 0) is 17.4 Å². The zero-order chi connectivity index (χ0) is 24.2. The molecule has 2 aromatic rings. The molecule has 1 aliphatic rings. The summed E-state index contributed by atoms with van der Waals surface area (Å²) in [7, 11) is 1.76. The lowest BCUT2D eigenvalue weighted by Crippen LogP contribution is -2.35. The fourth-order valence-corrected chi connectivity index (χ4v) is 6.59. The molecule has 3 rings (SSSR count). The van der Waals surface area contributed by atoms with Crippen LogP contribution in [0.4, 0.5) is 0 Å². The van der Waals surface area contributed by atoms with Crippen LogP contribution in [0, 0.1) is 0 Å². The second-order valence-corrected chi connectivity index (χ2v) is 10.1. The Hall–Kier alpha value is -2.72. The molecule has 1 saturated carbocycles. The lowest BCUT2D eigenvalue weighted by molar-refractivity contribution is 0.0929. The quantitative estimate of drug-likeness (QED) is 0.312. The van der Waals surface area contributed by atoms with Gasteiger partial charge in [0.05, 0.1) is 21.3 Å². The molecule has 1 atom stereocenters. The highest BCUT2D eigenvalue weighted by molar-refractivity contribution is 7.67. The molecule has 0 saturated heterocycles. The van der Waals surface area contributed by atoms with Gasteiger partial charge in [-0.1, -0.05) is 36.6 Å². The van der Waals surface area contributed by atoms with E-state index in [4.69, 9.17) is 14.2 Å². The van der Waals surface area contributed by atoms with Gasteiger partial charge in [-0.2, -0.15) is 0 Å². The minimum absolute atomic E-state index is 0.0838. The third kappa shape index (κ3) is 4.41. The second kappa shape index (κ2) is 10.5. The second-order valence-electron chi connectivity index (χ2n) is 8.23. The van der Waals surface area contributed by atoms with Crippen molar-refractivity contribution in [1.29, 1.82) is 0 Å². The Morgan fingerprint density at radius 2 is 1.39 bits per heavy atom. The first kappa shape index (κ1) is 24.9. The third-order valence-corrected chi connectivity index (χ3v) is 8.60. The first-order valence-electron chi connectivity index (χ1n) is 11.4. The number of ketones is 1. The van der Waals surface area contributed by atoms with Gasteiger partial charge >= 0.3 is 13.3 Å². The molecule has 7 heteroatoms. The van der Waals surface area contributed by atoms with Crippen LogP contribution in [-0.4, -0.2) is 37.8 Å². The molecule has 0 radical (unpaired) electrons. The van der Waals surface area contributed by atoms with Crippen LogP contribution >= 0.6 is 7.80 Å². The molecule has 1 unspecified atom stereocenters. The summed E-state index contributed by atoms with van der Waals surface area (Å²) in [5.41, 5.74) is 1.96. The van der Waals surface area contributed by atoms with Crippen LogP contribution in [0.2, 0.25) is 0 Å². The van der Waals surface area contributed by atoms with Crippen molar-refractivity contribution in [2.45, 2.75) is 57.5 Å². The van der Waals surface area contributed by atoms with Crippen LogP contribution in [0.25, 0.3) is 0 Å². The predicted octanol–water partition coefficient (Wildman–Crippen LogP) is 6.00. The number of hydrogen-bond acceptors (Lipinski definition) is 6. The summed E-state index contributed by atoms with van der Waals surface area (Å²) in [6, 6.07) is 8.96. The van der Waals surface area contributed by atoms with Crippen molar-refractivity contribution in [3.05, 3.63) is 52.6 Å². The summed E-state index contributed by atoms with van der Waals surface area (Å²) >= 11 is 0. The molecule has 0 N–H and O–H groups in total. The molecule has 0 amide bonds. The highest BCUT2D eigenvalue weighted by Gasteiger charge is 2.62. The number of carbonyl (C=O) groups excluding carboxylic acids is 2. The number of aryl methyl sites for hydroxylation is 2. The summed E-state index contributed by atoms with van der Waals surface area (Å²) in [4.78, 5) is 27.8. The fourth-order valence-electron chi connectivity index (χ4n) is 4.76. The topological polar surface area (TPSA) is 78.9 Å². The third-order valence-electron chi connectivity index (χ3n) is 6.58. The molecule has 0 aliphatic heterocycles. The van der Waals surface area contributed by atoms with Gasteiger partial charge in [0.1, 0.15) is 17.2 Å². The van der Waals surface area contributed by atoms with E-state index in [0.29, 0.717) is 37.0 Å². The van der Waals surface area contributed by atoms with Crippen molar-refractivity contribution in [3.8, 4) is 17.2 Å². The Kier molecular flexibility index (Phi) is 7.91. The molecular formula is C26H32O6P+. The van der Waals surface area contributed by atoms with E-state index in [2.05, 4.69) is 0 Å². The Morgan fingerprint density at radius 1 is 0.879 bits per heavy atom. The minimum Gasteiger partial charge on any atom is -0.496 e. The number of hydrogen-bond donors (Lipinski definition) is 0. The van der Waals surface area contributed by atoms with Gasteiger partial charge in [0.25, 0.3) is 0 Å². The molecule has 0 aromatic heterocycles. The average molecular weight is 472 g/mol. The standard InChI is InChI=1S/C26H32O6P/c1-6-17-11-10-12-18(7-2)22(17)24(27)26(13-8-9-14-26)33(29)25(28)23-20(31-4)15-19(30-3)16-21(23)32-5/h10-12,15-16H,6-9,13-14H2,1-5H3/q+1. The maximum atomic E-state index is 14.1. The zero-order valence-corrected chi connectivity index (χ0v) is 20.9. The first-order valence-corrected chi connectivity index (χ1v) is 12.6. The summed E-state index contributed by atoms with van der Waals surface area (Å²) < 4.78 is 30.1. The number of benzene rings is 2. The van der Waals surface area contributed by atoms with Gasteiger partial charge in [0, 0.05) is 30.5 Å². The van der Waals surface area contributed by atoms with E-state index in [1.54, 1.807) is 12.1 Å². The number of methoxy groups -OCH3 is 3. The van der Waals surface area contributed by atoms with Crippen molar-refractivity contribution in [3.63, 3.8) is 0 Å². The van der Waals surface area contributed by atoms with E-state index in [-0.39, 0.29) is 22.8 Å². The first-order chi connectivity index (χ1) is 15.9. The predicted molar refractivity (Wildman–Crippen MR) is 129 cm³/mol. The van der Waals surface area contributed by atoms with E-state index in [9.17, 15) is 14.2 Å². The van der Waals surface area contributed by atoms with Gasteiger partial charge in [-0.05, 0) is 36.8 Å². The molecule has 0 bridgehead atoms. The Balaban J connectivity index is 2.14. The monoisotopic (exact) mass is 471 g/mol. The summed E-state index contributed by atoms with van der Waals surface area (Å²) in [5.74, 6) is 0.702. The smallest absolute Gasteiger partial charge is 0.434 e. The maximum absolute atomic E-state index is 14.1. The van der Waals surface area contributed by atoms with Gasteiger partial charge in [-0.3, -0.25) is 4.79 Å². The van der Waals surface area contributed by atoms with Gasteiger partial charge in [-0.15, -0.1) is 0 Å². The molecule has 0 heterocycles. The molecule has 1 aliphatic carbocycles. The van der Waals surface area contributed by atoms with E-state index < -0.39 is 18.5 Å². The van der Waals surface area contributed by atoms with E-state index >= 15 is 0 Å². The Bertz CT molecular complexity index is 1020. The highest BCUT2D eigenvalue weighted by atomic mass is 31.1. The summed E-state index contributed by atoms with van der Waals surface area (Å²) in [5, 5.41) is -1.22. The lowest BCUT2D eigenvalue weighted by Gasteiger charge is -2.21. The molecule has 2 aromatic carbocycles. The van der Waals surface area contributed by atoms with Crippen molar-refractivity contribution in [1.82, 2.24) is 0 Å². The molecular weight excluding hydrogens is 439 g/mol. The van der Waals surface area contributed by atoms with E-state index in [1.165, 1.54) is 21.3 Å². The van der Waals surface area contributed by atoms with Crippen LogP contribution in [0.15, 0.2) is 30.3 Å². The van der Waals surface area contributed by atoms with Crippen molar-refractivity contribution < 1.29 is 28.4 Å². The van der Waals surface area contributed by atoms with E-state index in [0.717, 1.165) is 24.0 Å². The molecule has 33 heavy (non-hydrogen) atoms. The van der Waals surface area contributed by atoms with Gasteiger partial charge in [-0.25, -0.2) is 4.79 Å². The highest BCUT2D eigenvalue weighted by Crippen LogP contribution is 2.56. The van der Waals surface area contributed by atoms with Crippen LogP contribution in [0.1, 0.15) is 71.4 Å². The average Bonchev–Trinajstić information content (AvgIpc) is 3.36. The molecule has 6 nitrogen and oxygen atoms in total. The van der Waals surface area contributed by atoms with Crippen LogP contribution in [0.5, 0.6) is 17.2 Å². The lowest BCUT2D eigenvalue weighted by atomic mass is 9.87. The van der Waals surface area contributed by atoms with Crippen LogP contribution in [0.3, 0.4) is 0 Å². The molecule has 176 valence electrons. The van der Waals surface area contributed by atoms with Gasteiger partial charge < -0.3 is 14.2 Å². The summed E-state index contributed by atoms with van der Waals surface area (Å²) in [6.45, 7) is 4.01. The fraction of sp³-hybridized carbons (Fsp3) is 0.462. The van der Waals surface area contributed by atoms with Crippen molar-refractivity contribution >= 4 is 19.1 Å². The summed E-state index contributed by atoms with van der Waals surface area (Å²) in [6.07, 6.45) is 3.74. The van der Waals surface area contributed by atoms with Crippen molar-refractivity contribution in [2.24, 2.45) is 0 Å². The molecule has 1 fully saturated rings. The number of carbonyl (C=O) groups is 2. The van der Waals surface area contributed by atoms with Crippen molar-refractivity contribution in [2.75, 3.05) is 21.3 Å². The number of Topliss-reactive ketones (excluding diaryl/α,β-unsaturated/α-hetero) is 1. The maximum Gasteiger partial charge on any atom is 0.434 e.